The van der Waals surface area contributed by atoms with E-state index < -0.39 is 0 Å². The minimum Gasteiger partial charge on any atom is -0.309 e. The number of nitrogens with one attached hydrogen (secondary N) is 1. The van der Waals surface area contributed by atoms with Gasteiger partial charge in [-0.3, -0.25) is 0 Å². The Morgan fingerprint density at radius 2 is 2.00 bits per heavy atom. The van der Waals surface area contributed by atoms with Crippen LogP contribution in [0.5, 0.6) is 0 Å². The standard InChI is InChI=1S/C13H12Br2ClNS/c1-7-10(15)6-11(18-7)13(17-2)8-4-3-5-9(14)12(8)16/h3-6,13,17H,1-2H3. The van der Waals surface area contributed by atoms with Gasteiger partial charge in [-0.2, -0.15) is 0 Å². The van der Waals surface area contributed by atoms with E-state index in [1.165, 1.54) is 9.75 Å². The van der Waals surface area contributed by atoms with Crippen LogP contribution in [0, 0.1) is 6.92 Å². The molecular weight excluding hydrogens is 397 g/mol. The average molecular weight is 410 g/mol. The first-order valence-corrected chi connectivity index (χ1v) is 8.19. The van der Waals surface area contributed by atoms with Crippen LogP contribution in [0.3, 0.4) is 0 Å². The SMILES string of the molecule is CNC(c1cc(Br)c(C)s1)c1cccc(Br)c1Cl. The highest BCUT2D eigenvalue weighted by molar-refractivity contribution is 9.10. The summed E-state index contributed by atoms with van der Waals surface area (Å²) in [4.78, 5) is 2.53. The van der Waals surface area contributed by atoms with E-state index >= 15 is 0 Å². The quantitative estimate of drug-likeness (QED) is 0.701. The van der Waals surface area contributed by atoms with Crippen molar-refractivity contribution in [3.63, 3.8) is 0 Å². The van der Waals surface area contributed by atoms with Crippen molar-refractivity contribution in [3.8, 4) is 0 Å². The zero-order valence-electron chi connectivity index (χ0n) is 9.93. The molecule has 1 N–H and O–H groups in total. The third-order valence-corrected chi connectivity index (χ3v) is 6.25. The van der Waals surface area contributed by atoms with Crippen LogP contribution in [0.15, 0.2) is 33.2 Å². The summed E-state index contributed by atoms with van der Waals surface area (Å²) in [6.45, 7) is 2.10. The van der Waals surface area contributed by atoms with Gasteiger partial charge in [-0.25, -0.2) is 0 Å². The van der Waals surface area contributed by atoms with E-state index in [1.54, 1.807) is 11.3 Å². The smallest absolute Gasteiger partial charge is 0.0684 e. The fourth-order valence-corrected chi connectivity index (χ4v) is 4.13. The molecular formula is C13H12Br2ClNS. The van der Waals surface area contributed by atoms with Crippen LogP contribution < -0.4 is 5.32 Å². The first-order valence-electron chi connectivity index (χ1n) is 5.41. The van der Waals surface area contributed by atoms with E-state index in [0.29, 0.717) is 0 Å². The molecule has 0 aliphatic heterocycles. The Labute approximate surface area is 133 Å². The van der Waals surface area contributed by atoms with Crippen LogP contribution in [0.25, 0.3) is 0 Å². The molecule has 1 aromatic heterocycles. The molecule has 5 heteroatoms. The summed E-state index contributed by atoms with van der Waals surface area (Å²) in [5, 5.41) is 4.09. The van der Waals surface area contributed by atoms with E-state index in [0.717, 1.165) is 19.5 Å². The maximum Gasteiger partial charge on any atom is 0.0684 e. The second-order valence-electron chi connectivity index (χ2n) is 3.92. The van der Waals surface area contributed by atoms with Crippen LogP contribution >= 0.6 is 54.8 Å². The van der Waals surface area contributed by atoms with E-state index in [-0.39, 0.29) is 6.04 Å². The zero-order valence-corrected chi connectivity index (χ0v) is 14.7. The van der Waals surface area contributed by atoms with Crippen LogP contribution in [0.4, 0.5) is 0 Å². The molecule has 96 valence electrons. The predicted octanol–water partition coefficient (Wildman–Crippen LogP) is 5.54. The van der Waals surface area contributed by atoms with Gasteiger partial charge in [-0.05, 0) is 63.5 Å². The number of halogens is 3. The number of hydrogen-bond donors (Lipinski definition) is 1. The van der Waals surface area contributed by atoms with Gasteiger partial charge < -0.3 is 5.32 Å². The van der Waals surface area contributed by atoms with Gasteiger partial charge in [-0.1, -0.05) is 23.7 Å². The number of aryl methyl sites for hydroxylation is 1. The van der Waals surface area contributed by atoms with Gasteiger partial charge in [0.2, 0.25) is 0 Å². The molecule has 1 unspecified atom stereocenters. The lowest BCUT2D eigenvalue weighted by atomic mass is 10.1. The molecule has 0 fully saturated rings. The molecule has 2 aromatic rings. The van der Waals surface area contributed by atoms with Gasteiger partial charge in [0.15, 0.2) is 0 Å². The van der Waals surface area contributed by atoms with Crippen LogP contribution in [-0.2, 0) is 0 Å². The van der Waals surface area contributed by atoms with E-state index in [4.69, 9.17) is 11.6 Å². The second kappa shape index (κ2) is 6.06. The summed E-state index contributed by atoms with van der Waals surface area (Å²) < 4.78 is 2.07. The van der Waals surface area contributed by atoms with E-state index in [9.17, 15) is 0 Å². The molecule has 0 bridgehead atoms. The van der Waals surface area contributed by atoms with E-state index in [2.05, 4.69) is 56.2 Å². The van der Waals surface area contributed by atoms with Crippen molar-refractivity contribution >= 4 is 54.8 Å². The zero-order chi connectivity index (χ0) is 13.3. The molecule has 1 nitrogen and oxygen atoms in total. The molecule has 0 radical (unpaired) electrons. The Bertz CT molecular complexity index is 549. The lowest BCUT2D eigenvalue weighted by molar-refractivity contribution is 0.703. The molecule has 2 rings (SSSR count). The highest BCUT2D eigenvalue weighted by Crippen LogP contribution is 2.37. The Kier molecular flexibility index (Phi) is 4.89. The summed E-state index contributed by atoms with van der Waals surface area (Å²) in [5.74, 6) is 0. The minimum absolute atomic E-state index is 0.116. The molecule has 18 heavy (non-hydrogen) atoms. The van der Waals surface area contributed by atoms with Crippen molar-refractivity contribution in [2.45, 2.75) is 13.0 Å². The number of rotatable bonds is 3. The van der Waals surface area contributed by atoms with Crippen molar-refractivity contribution < 1.29 is 0 Å². The number of thiophene rings is 1. The van der Waals surface area contributed by atoms with Crippen molar-refractivity contribution in [2.24, 2.45) is 0 Å². The van der Waals surface area contributed by atoms with E-state index in [1.807, 2.05) is 19.2 Å². The largest absolute Gasteiger partial charge is 0.309 e. The predicted molar refractivity (Wildman–Crippen MR) is 86.8 cm³/mol. The van der Waals surface area contributed by atoms with Gasteiger partial charge in [0, 0.05) is 18.7 Å². The van der Waals surface area contributed by atoms with Crippen molar-refractivity contribution in [2.75, 3.05) is 7.05 Å². The molecule has 0 aliphatic carbocycles. The Morgan fingerprint density at radius 1 is 1.28 bits per heavy atom. The molecule has 0 saturated heterocycles. The first kappa shape index (κ1) is 14.5. The molecule has 1 aromatic carbocycles. The van der Waals surface area contributed by atoms with Gasteiger partial charge in [-0.15, -0.1) is 11.3 Å². The highest BCUT2D eigenvalue weighted by atomic mass is 79.9. The third kappa shape index (κ3) is 2.83. The molecule has 0 spiro atoms. The molecule has 0 amide bonds. The summed E-state index contributed by atoms with van der Waals surface area (Å²) in [6, 6.07) is 8.28. The highest BCUT2D eigenvalue weighted by Gasteiger charge is 2.19. The maximum absolute atomic E-state index is 6.37. The van der Waals surface area contributed by atoms with Crippen LogP contribution in [-0.4, -0.2) is 7.05 Å². The summed E-state index contributed by atoms with van der Waals surface area (Å²) >= 11 is 15.2. The van der Waals surface area contributed by atoms with Gasteiger partial charge in [0.05, 0.1) is 11.1 Å². The fraction of sp³-hybridized carbons (Fsp3) is 0.231. The molecule has 0 aliphatic rings. The van der Waals surface area contributed by atoms with Crippen molar-refractivity contribution in [1.29, 1.82) is 0 Å². The number of hydrogen-bond acceptors (Lipinski definition) is 2. The van der Waals surface area contributed by atoms with Gasteiger partial charge in [0.1, 0.15) is 0 Å². The van der Waals surface area contributed by atoms with Gasteiger partial charge in [0.25, 0.3) is 0 Å². The molecule has 1 heterocycles. The summed E-state index contributed by atoms with van der Waals surface area (Å²) in [6.07, 6.45) is 0. The maximum atomic E-state index is 6.37. The number of benzene rings is 1. The summed E-state index contributed by atoms with van der Waals surface area (Å²) in [7, 11) is 1.95. The Hall–Kier alpha value is 0.130. The fourth-order valence-electron chi connectivity index (χ4n) is 1.82. The topological polar surface area (TPSA) is 12.0 Å². The third-order valence-electron chi connectivity index (χ3n) is 2.74. The Morgan fingerprint density at radius 3 is 2.56 bits per heavy atom. The van der Waals surface area contributed by atoms with Crippen LogP contribution in [0.1, 0.15) is 21.4 Å². The monoisotopic (exact) mass is 407 g/mol. The van der Waals surface area contributed by atoms with Crippen LogP contribution in [0.2, 0.25) is 5.02 Å². The lowest BCUT2D eigenvalue weighted by Crippen LogP contribution is -2.16. The minimum atomic E-state index is 0.116. The molecule has 0 saturated carbocycles. The average Bonchev–Trinajstić information content (AvgIpc) is 2.66. The van der Waals surface area contributed by atoms with Crippen molar-refractivity contribution in [3.05, 3.63) is 53.6 Å². The lowest BCUT2D eigenvalue weighted by Gasteiger charge is -2.17. The summed E-state index contributed by atoms with van der Waals surface area (Å²) in [5.41, 5.74) is 1.09. The van der Waals surface area contributed by atoms with Crippen molar-refractivity contribution in [1.82, 2.24) is 5.32 Å². The van der Waals surface area contributed by atoms with Gasteiger partial charge >= 0.3 is 0 Å². The Balaban J connectivity index is 2.48. The normalized spacial score (nSPS) is 12.7. The first-order chi connectivity index (χ1) is 8.54. The molecule has 1 atom stereocenters. The second-order valence-corrected chi connectivity index (χ2v) is 7.29.